The van der Waals surface area contributed by atoms with Gasteiger partial charge in [0.25, 0.3) is 0 Å². The van der Waals surface area contributed by atoms with Crippen molar-refractivity contribution in [2.24, 2.45) is 0 Å². The summed E-state index contributed by atoms with van der Waals surface area (Å²) in [6, 6.07) is 23.6. The molecule has 0 radical (unpaired) electrons. The van der Waals surface area contributed by atoms with Crippen LogP contribution in [0.2, 0.25) is 0 Å². The molecule has 5 nitrogen and oxygen atoms in total. The lowest BCUT2D eigenvalue weighted by Gasteiger charge is -2.10. The minimum Gasteiger partial charge on any atom is -0.326 e. The molecule has 4 aromatic rings. The Labute approximate surface area is 169 Å². The maximum Gasteiger partial charge on any atom is 0.228 e. The van der Waals surface area contributed by atoms with Crippen molar-refractivity contribution in [3.8, 4) is 0 Å². The van der Waals surface area contributed by atoms with Gasteiger partial charge in [-0.15, -0.1) is 0 Å². The van der Waals surface area contributed by atoms with Crippen LogP contribution in [0.1, 0.15) is 17.0 Å². The summed E-state index contributed by atoms with van der Waals surface area (Å²) in [6.45, 7) is 3.87. The van der Waals surface area contributed by atoms with E-state index in [1.807, 2.05) is 74.5 Å². The molecule has 0 aliphatic heterocycles. The number of hydrogen-bond donors (Lipinski definition) is 2. The van der Waals surface area contributed by atoms with Gasteiger partial charge in [0, 0.05) is 22.8 Å². The van der Waals surface area contributed by atoms with E-state index < -0.39 is 0 Å². The van der Waals surface area contributed by atoms with E-state index in [4.69, 9.17) is 0 Å². The van der Waals surface area contributed by atoms with Crippen molar-refractivity contribution in [3.05, 3.63) is 89.7 Å². The maximum atomic E-state index is 12.6. The van der Waals surface area contributed by atoms with Gasteiger partial charge in [0.15, 0.2) is 0 Å². The van der Waals surface area contributed by atoms with Crippen LogP contribution in [0.3, 0.4) is 0 Å². The standard InChI is InChI=1S/C24H22N4O/c1-16-13-17(2)26-24(25-16)28-21-11-6-10-20(15-21)27-23(29)14-19-9-5-8-18-7-3-4-12-22(18)19/h3-13,15H,14H2,1-2H3,(H,27,29)(H,25,26,28). The number of nitrogens with one attached hydrogen (secondary N) is 2. The Kier molecular flexibility index (Phi) is 5.20. The Bertz CT molecular complexity index is 1160. The molecule has 1 heterocycles. The van der Waals surface area contributed by atoms with Crippen LogP contribution < -0.4 is 10.6 Å². The van der Waals surface area contributed by atoms with E-state index in [0.29, 0.717) is 12.4 Å². The lowest BCUT2D eigenvalue weighted by Crippen LogP contribution is -2.14. The summed E-state index contributed by atoms with van der Waals surface area (Å²) in [4.78, 5) is 21.4. The normalized spacial score (nSPS) is 10.7. The predicted octanol–water partition coefficient (Wildman–Crippen LogP) is 5.17. The molecule has 29 heavy (non-hydrogen) atoms. The SMILES string of the molecule is Cc1cc(C)nc(Nc2cccc(NC(=O)Cc3cccc4ccccc34)c2)n1. The number of nitrogens with zero attached hydrogens (tertiary/aromatic N) is 2. The van der Waals surface area contributed by atoms with Gasteiger partial charge in [0.05, 0.1) is 6.42 Å². The molecule has 0 unspecified atom stereocenters. The van der Waals surface area contributed by atoms with Crippen LogP contribution in [0.25, 0.3) is 10.8 Å². The number of rotatable bonds is 5. The highest BCUT2D eigenvalue weighted by Gasteiger charge is 2.08. The van der Waals surface area contributed by atoms with Gasteiger partial charge in [-0.25, -0.2) is 9.97 Å². The minimum absolute atomic E-state index is 0.0545. The second kappa shape index (κ2) is 8.10. The van der Waals surface area contributed by atoms with Crippen LogP contribution in [-0.4, -0.2) is 15.9 Å². The van der Waals surface area contributed by atoms with E-state index in [0.717, 1.165) is 39.1 Å². The van der Waals surface area contributed by atoms with Gasteiger partial charge in [0.1, 0.15) is 0 Å². The highest BCUT2D eigenvalue weighted by atomic mass is 16.1. The average Bonchev–Trinajstić information content (AvgIpc) is 2.68. The number of benzene rings is 3. The van der Waals surface area contributed by atoms with Crippen molar-refractivity contribution in [3.63, 3.8) is 0 Å². The first-order valence-electron chi connectivity index (χ1n) is 9.53. The number of hydrogen-bond acceptors (Lipinski definition) is 4. The maximum absolute atomic E-state index is 12.6. The molecule has 144 valence electrons. The zero-order valence-electron chi connectivity index (χ0n) is 16.4. The molecule has 4 rings (SSSR count). The van der Waals surface area contributed by atoms with Gasteiger partial charge >= 0.3 is 0 Å². The Morgan fingerprint density at radius 3 is 2.34 bits per heavy atom. The molecular formula is C24H22N4O. The molecule has 0 aliphatic carbocycles. The van der Waals surface area contributed by atoms with E-state index in [9.17, 15) is 4.79 Å². The first-order valence-corrected chi connectivity index (χ1v) is 9.53. The van der Waals surface area contributed by atoms with E-state index in [-0.39, 0.29) is 5.91 Å². The number of aryl methyl sites for hydroxylation is 2. The predicted molar refractivity (Wildman–Crippen MR) is 118 cm³/mol. The third-order valence-electron chi connectivity index (χ3n) is 4.62. The van der Waals surface area contributed by atoms with Crippen LogP contribution in [0.4, 0.5) is 17.3 Å². The minimum atomic E-state index is -0.0545. The molecule has 1 amide bonds. The fourth-order valence-electron chi connectivity index (χ4n) is 3.41. The van der Waals surface area contributed by atoms with Crippen molar-refractivity contribution in [1.82, 2.24) is 9.97 Å². The summed E-state index contributed by atoms with van der Waals surface area (Å²) in [6.07, 6.45) is 0.319. The van der Waals surface area contributed by atoms with Crippen LogP contribution in [0.5, 0.6) is 0 Å². The molecule has 0 saturated carbocycles. The second-order valence-corrected chi connectivity index (χ2v) is 7.04. The van der Waals surface area contributed by atoms with Crippen LogP contribution >= 0.6 is 0 Å². The van der Waals surface area contributed by atoms with E-state index >= 15 is 0 Å². The number of carbonyl (C=O) groups is 1. The molecule has 0 spiro atoms. The summed E-state index contributed by atoms with van der Waals surface area (Å²) in [5.41, 5.74) is 4.36. The highest BCUT2D eigenvalue weighted by molar-refractivity contribution is 5.96. The third-order valence-corrected chi connectivity index (χ3v) is 4.62. The fourth-order valence-corrected chi connectivity index (χ4v) is 3.41. The van der Waals surface area contributed by atoms with Crippen LogP contribution in [-0.2, 0) is 11.2 Å². The Hall–Kier alpha value is -3.73. The van der Waals surface area contributed by atoms with Crippen molar-refractivity contribution in [2.45, 2.75) is 20.3 Å². The first kappa shape index (κ1) is 18.6. The molecule has 5 heteroatoms. The number of fused-ring (bicyclic) bond motifs is 1. The number of carbonyl (C=O) groups excluding carboxylic acids is 1. The van der Waals surface area contributed by atoms with Crippen LogP contribution in [0.15, 0.2) is 72.8 Å². The number of anilines is 3. The summed E-state index contributed by atoms with van der Waals surface area (Å²) >= 11 is 0. The number of aromatic nitrogens is 2. The smallest absolute Gasteiger partial charge is 0.228 e. The molecule has 0 atom stereocenters. The quantitative estimate of drug-likeness (QED) is 0.500. The molecule has 1 aromatic heterocycles. The lowest BCUT2D eigenvalue weighted by molar-refractivity contribution is -0.115. The summed E-state index contributed by atoms with van der Waals surface area (Å²) in [7, 11) is 0. The zero-order chi connectivity index (χ0) is 20.2. The number of amides is 1. The second-order valence-electron chi connectivity index (χ2n) is 7.04. The Balaban J connectivity index is 1.48. The van der Waals surface area contributed by atoms with Crippen molar-refractivity contribution in [2.75, 3.05) is 10.6 Å². The van der Waals surface area contributed by atoms with Crippen molar-refractivity contribution < 1.29 is 4.79 Å². The van der Waals surface area contributed by atoms with Gasteiger partial charge < -0.3 is 10.6 Å². The summed E-state index contributed by atoms with van der Waals surface area (Å²) in [5, 5.41) is 8.42. The van der Waals surface area contributed by atoms with Crippen LogP contribution in [0, 0.1) is 13.8 Å². The monoisotopic (exact) mass is 382 g/mol. The van der Waals surface area contributed by atoms with E-state index in [2.05, 4.69) is 32.7 Å². The first-order chi connectivity index (χ1) is 14.1. The molecule has 0 bridgehead atoms. The third kappa shape index (κ3) is 4.58. The van der Waals surface area contributed by atoms with E-state index in [1.54, 1.807) is 0 Å². The van der Waals surface area contributed by atoms with Gasteiger partial charge in [0.2, 0.25) is 11.9 Å². The summed E-state index contributed by atoms with van der Waals surface area (Å²) in [5.74, 6) is 0.489. The van der Waals surface area contributed by atoms with Gasteiger partial charge in [-0.2, -0.15) is 0 Å². The fraction of sp³-hybridized carbons (Fsp3) is 0.125. The molecule has 0 fully saturated rings. The van der Waals surface area contributed by atoms with Gasteiger partial charge in [-0.05, 0) is 54.4 Å². The van der Waals surface area contributed by atoms with Crippen molar-refractivity contribution >= 4 is 34.0 Å². The highest BCUT2D eigenvalue weighted by Crippen LogP contribution is 2.21. The Morgan fingerprint density at radius 1 is 0.828 bits per heavy atom. The molecular weight excluding hydrogens is 360 g/mol. The average molecular weight is 382 g/mol. The zero-order valence-corrected chi connectivity index (χ0v) is 16.4. The van der Waals surface area contributed by atoms with E-state index in [1.165, 1.54) is 0 Å². The lowest BCUT2D eigenvalue weighted by atomic mass is 10.0. The largest absolute Gasteiger partial charge is 0.326 e. The summed E-state index contributed by atoms with van der Waals surface area (Å²) < 4.78 is 0. The molecule has 0 saturated heterocycles. The van der Waals surface area contributed by atoms with Gasteiger partial charge in [-0.1, -0.05) is 48.5 Å². The van der Waals surface area contributed by atoms with Crippen molar-refractivity contribution in [1.29, 1.82) is 0 Å². The topological polar surface area (TPSA) is 66.9 Å². The Morgan fingerprint density at radius 2 is 1.52 bits per heavy atom. The van der Waals surface area contributed by atoms with Gasteiger partial charge in [-0.3, -0.25) is 4.79 Å². The molecule has 3 aromatic carbocycles. The molecule has 2 N–H and O–H groups in total. The molecule has 0 aliphatic rings.